The van der Waals surface area contributed by atoms with E-state index < -0.39 is 0 Å². The summed E-state index contributed by atoms with van der Waals surface area (Å²) in [6, 6.07) is 10.4. The van der Waals surface area contributed by atoms with Gasteiger partial charge in [-0.15, -0.1) is 0 Å². The Bertz CT molecular complexity index is 886. The molecule has 2 saturated heterocycles. The highest BCUT2D eigenvalue weighted by molar-refractivity contribution is 6.29. The van der Waals surface area contributed by atoms with Gasteiger partial charge >= 0.3 is 0 Å². The van der Waals surface area contributed by atoms with E-state index in [0.29, 0.717) is 17.7 Å². The lowest BCUT2D eigenvalue weighted by molar-refractivity contribution is -0.131. The number of hydrogen-bond acceptors (Lipinski definition) is 5. The molecule has 0 aliphatic carbocycles. The molecule has 1 N–H and O–H groups in total. The van der Waals surface area contributed by atoms with E-state index in [9.17, 15) is 4.79 Å². The molecule has 28 heavy (non-hydrogen) atoms. The Labute approximate surface area is 170 Å². The van der Waals surface area contributed by atoms with Crippen molar-refractivity contribution in [2.24, 2.45) is 4.99 Å². The number of carbonyl (C=O) groups is 1. The summed E-state index contributed by atoms with van der Waals surface area (Å²) in [5, 5.41) is 5.18. The van der Waals surface area contributed by atoms with Crippen LogP contribution in [0.25, 0.3) is 10.9 Å². The fourth-order valence-electron chi connectivity index (χ4n) is 4.23. The summed E-state index contributed by atoms with van der Waals surface area (Å²) in [6.45, 7) is 3.16. The van der Waals surface area contributed by atoms with Crippen molar-refractivity contribution < 1.29 is 4.79 Å². The number of aromatic nitrogens is 1. The molecule has 3 heterocycles. The van der Waals surface area contributed by atoms with Crippen molar-refractivity contribution in [2.75, 3.05) is 38.5 Å². The lowest BCUT2D eigenvalue weighted by Gasteiger charge is -2.25. The average molecular weight is 400 g/mol. The van der Waals surface area contributed by atoms with Crippen LogP contribution in [0.1, 0.15) is 19.3 Å². The Hall–Kier alpha value is -2.18. The number of halogens is 1. The van der Waals surface area contributed by atoms with Gasteiger partial charge in [-0.05, 0) is 49.6 Å². The summed E-state index contributed by atoms with van der Waals surface area (Å²) >= 11 is 5.96. The zero-order valence-electron chi connectivity index (χ0n) is 16.1. The molecule has 4 rings (SSSR count). The van der Waals surface area contributed by atoms with Crippen molar-refractivity contribution >= 4 is 40.3 Å². The number of nitrogens with one attached hydrogen (secondary N) is 1. The maximum Gasteiger partial charge on any atom is 0.237 e. The first kappa shape index (κ1) is 19.2. The fourth-order valence-corrected chi connectivity index (χ4v) is 4.39. The SMILES string of the molecule is CN=C[C@@H]1CCCN1C(=O)CN1CC[C@@H](Nc2ccc3nc(Cl)ccc3c2)C1. The highest BCUT2D eigenvalue weighted by atomic mass is 35.5. The zero-order valence-corrected chi connectivity index (χ0v) is 16.9. The van der Waals surface area contributed by atoms with Gasteiger partial charge in [0.05, 0.1) is 18.1 Å². The number of anilines is 1. The van der Waals surface area contributed by atoms with Crippen LogP contribution in [0.5, 0.6) is 0 Å². The molecule has 0 saturated carbocycles. The minimum Gasteiger partial charge on any atom is -0.381 e. The molecule has 6 nitrogen and oxygen atoms in total. The number of hydrogen-bond donors (Lipinski definition) is 1. The predicted octanol–water partition coefficient (Wildman–Crippen LogP) is 3.07. The molecule has 2 fully saturated rings. The number of benzene rings is 1. The van der Waals surface area contributed by atoms with Gasteiger partial charge < -0.3 is 10.2 Å². The van der Waals surface area contributed by atoms with Gasteiger partial charge in [0.2, 0.25) is 5.91 Å². The van der Waals surface area contributed by atoms with Gasteiger partial charge in [-0.25, -0.2) is 4.98 Å². The van der Waals surface area contributed by atoms with E-state index in [0.717, 1.165) is 55.5 Å². The van der Waals surface area contributed by atoms with Crippen molar-refractivity contribution in [3.63, 3.8) is 0 Å². The molecule has 7 heteroatoms. The molecule has 0 radical (unpaired) electrons. The van der Waals surface area contributed by atoms with Crippen LogP contribution in [0.2, 0.25) is 5.15 Å². The first-order valence-corrected chi connectivity index (χ1v) is 10.3. The molecule has 1 aromatic carbocycles. The molecule has 2 aliphatic rings. The van der Waals surface area contributed by atoms with E-state index in [1.807, 2.05) is 35.4 Å². The summed E-state index contributed by atoms with van der Waals surface area (Å²) in [4.78, 5) is 25.4. The van der Waals surface area contributed by atoms with E-state index in [1.54, 1.807) is 7.05 Å². The molecule has 1 amide bonds. The molecular formula is C21H26ClN5O. The highest BCUT2D eigenvalue weighted by Crippen LogP contribution is 2.23. The van der Waals surface area contributed by atoms with E-state index in [-0.39, 0.29) is 11.9 Å². The third kappa shape index (κ3) is 4.28. The number of aliphatic imine (C=N–C) groups is 1. The van der Waals surface area contributed by atoms with E-state index in [4.69, 9.17) is 11.6 Å². The monoisotopic (exact) mass is 399 g/mol. The van der Waals surface area contributed by atoms with Crippen LogP contribution in [-0.2, 0) is 4.79 Å². The Morgan fingerprint density at radius 2 is 2.21 bits per heavy atom. The van der Waals surface area contributed by atoms with Crippen LogP contribution in [-0.4, -0.2) is 72.2 Å². The lowest BCUT2D eigenvalue weighted by atomic mass is 10.2. The number of pyridine rings is 1. The van der Waals surface area contributed by atoms with Crippen molar-refractivity contribution in [1.29, 1.82) is 0 Å². The molecule has 0 bridgehead atoms. The molecule has 148 valence electrons. The molecule has 0 unspecified atom stereocenters. The van der Waals surface area contributed by atoms with Gasteiger partial charge in [-0.3, -0.25) is 14.7 Å². The predicted molar refractivity (Wildman–Crippen MR) is 114 cm³/mol. The lowest BCUT2D eigenvalue weighted by Crippen LogP contribution is -2.43. The first-order valence-electron chi connectivity index (χ1n) is 9.89. The third-order valence-electron chi connectivity index (χ3n) is 5.60. The Morgan fingerprint density at radius 1 is 1.32 bits per heavy atom. The topological polar surface area (TPSA) is 60.8 Å². The number of amides is 1. The van der Waals surface area contributed by atoms with Crippen LogP contribution in [0.3, 0.4) is 0 Å². The summed E-state index contributed by atoms with van der Waals surface area (Å²) in [5.74, 6) is 0.219. The van der Waals surface area contributed by atoms with Gasteiger partial charge in [-0.1, -0.05) is 11.6 Å². The van der Waals surface area contributed by atoms with E-state index >= 15 is 0 Å². The highest BCUT2D eigenvalue weighted by Gasteiger charge is 2.30. The van der Waals surface area contributed by atoms with Crippen molar-refractivity contribution in [2.45, 2.75) is 31.3 Å². The first-order chi connectivity index (χ1) is 13.6. The molecule has 1 aromatic heterocycles. The third-order valence-corrected chi connectivity index (χ3v) is 5.81. The van der Waals surface area contributed by atoms with Crippen LogP contribution in [0.15, 0.2) is 35.3 Å². The van der Waals surface area contributed by atoms with Crippen LogP contribution >= 0.6 is 11.6 Å². The number of nitrogens with zero attached hydrogens (tertiary/aromatic N) is 4. The van der Waals surface area contributed by atoms with Crippen LogP contribution < -0.4 is 5.32 Å². The molecule has 0 spiro atoms. The average Bonchev–Trinajstić information content (AvgIpc) is 3.32. The maximum atomic E-state index is 12.7. The number of carbonyl (C=O) groups excluding carboxylic acids is 1. The van der Waals surface area contributed by atoms with Crippen molar-refractivity contribution in [1.82, 2.24) is 14.8 Å². The molecular weight excluding hydrogens is 374 g/mol. The van der Waals surface area contributed by atoms with Gasteiger partial charge in [0.1, 0.15) is 5.15 Å². The van der Waals surface area contributed by atoms with Crippen molar-refractivity contribution in [3.8, 4) is 0 Å². The molecule has 2 atom stereocenters. The summed E-state index contributed by atoms with van der Waals surface area (Å²) in [6.07, 6.45) is 5.02. The van der Waals surface area contributed by atoms with Gasteiger partial charge in [-0.2, -0.15) is 0 Å². The minimum atomic E-state index is 0.175. The van der Waals surface area contributed by atoms with Crippen LogP contribution in [0, 0.1) is 0 Å². The number of fused-ring (bicyclic) bond motifs is 1. The summed E-state index contributed by atoms with van der Waals surface area (Å²) < 4.78 is 0. The Morgan fingerprint density at radius 3 is 3.07 bits per heavy atom. The second kappa shape index (κ2) is 8.45. The van der Waals surface area contributed by atoms with E-state index in [2.05, 4.69) is 26.3 Å². The largest absolute Gasteiger partial charge is 0.381 e. The number of likely N-dealkylation sites (tertiary alicyclic amines) is 2. The second-order valence-electron chi connectivity index (χ2n) is 7.61. The quantitative estimate of drug-likeness (QED) is 0.620. The number of rotatable bonds is 5. The molecule has 2 aromatic rings. The van der Waals surface area contributed by atoms with E-state index in [1.165, 1.54) is 0 Å². The zero-order chi connectivity index (χ0) is 19.5. The van der Waals surface area contributed by atoms with Gasteiger partial charge in [0, 0.05) is 50.0 Å². The Balaban J connectivity index is 1.33. The van der Waals surface area contributed by atoms with Gasteiger partial charge in [0.15, 0.2) is 0 Å². The molecule has 2 aliphatic heterocycles. The smallest absolute Gasteiger partial charge is 0.237 e. The van der Waals surface area contributed by atoms with Crippen molar-refractivity contribution in [3.05, 3.63) is 35.5 Å². The fraction of sp³-hybridized carbons (Fsp3) is 0.476. The maximum absolute atomic E-state index is 12.7. The van der Waals surface area contributed by atoms with Gasteiger partial charge in [0.25, 0.3) is 0 Å². The minimum absolute atomic E-state index is 0.175. The normalized spacial score (nSPS) is 23.1. The summed E-state index contributed by atoms with van der Waals surface area (Å²) in [5.41, 5.74) is 1.97. The second-order valence-corrected chi connectivity index (χ2v) is 8.00. The Kier molecular flexibility index (Phi) is 5.78. The summed E-state index contributed by atoms with van der Waals surface area (Å²) in [7, 11) is 1.77. The van der Waals surface area contributed by atoms with Crippen LogP contribution in [0.4, 0.5) is 5.69 Å². The standard InChI is InChI=1S/C21H26ClN5O/c1-23-12-18-3-2-9-27(18)21(28)14-26-10-8-17(13-26)24-16-5-6-19-15(11-16)4-7-20(22)25-19/h4-7,11-12,17-18,24H,2-3,8-10,13-14H2,1H3/t17-,18+/m1/s1.